The van der Waals surface area contributed by atoms with Crippen molar-refractivity contribution in [3.05, 3.63) is 29.8 Å². The quantitative estimate of drug-likeness (QED) is 0.432. The average molecular weight is 139 g/mol. The van der Waals surface area contributed by atoms with E-state index in [9.17, 15) is 4.39 Å². The lowest BCUT2D eigenvalue weighted by Crippen LogP contribution is -1.85. The largest absolute Gasteiger partial charge is 0.368 e. The number of epoxide rings is 1. The summed E-state index contributed by atoms with van der Waals surface area (Å²) in [5.41, 5.74) is 0.960. The van der Waals surface area contributed by atoms with Gasteiger partial charge in [0.2, 0.25) is 5.95 Å². The third-order valence-electron chi connectivity index (χ3n) is 1.46. The van der Waals surface area contributed by atoms with Gasteiger partial charge in [0.05, 0.1) is 6.61 Å². The molecule has 0 radical (unpaired) electrons. The van der Waals surface area contributed by atoms with Crippen molar-refractivity contribution < 1.29 is 9.13 Å². The molecular weight excluding hydrogens is 133 g/mol. The van der Waals surface area contributed by atoms with E-state index < -0.39 is 5.95 Å². The Kier molecular flexibility index (Phi) is 1.17. The molecular formula is C7H6FNO. The van der Waals surface area contributed by atoms with Crippen molar-refractivity contribution in [2.75, 3.05) is 6.61 Å². The normalized spacial score (nSPS) is 22.7. The van der Waals surface area contributed by atoms with Gasteiger partial charge in [-0.05, 0) is 6.07 Å². The van der Waals surface area contributed by atoms with E-state index in [2.05, 4.69) is 4.98 Å². The number of hydrogen-bond acceptors (Lipinski definition) is 2. The summed E-state index contributed by atoms with van der Waals surface area (Å²) in [6.07, 6.45) is 1.68. The van der Waals surface area contributed by atoms with Gasteiger partial charge < -0.3 is 4.74 Å². The molecule has 1 aromatic rings. The van der Waals surface area contributed by atoms with E-state index in [4.69, 9.17) is 4.74 Å². The molecule has 1 aliphatic heterocycles. The van der Waals surface area contributed by atoms with Gasteiger partial charge in [0.15, 0.2) is 0 Å². The predicted octanol–water partition coefficient (Wildman–Crippen LogP) is 1.29. The Morgan fingerprint density at radius 1 is 1.60 bits per heavy atom. The Balaban J connectivity index is 2.28. The fourth-order valence-corrected chi connectivity index (χ4v) is 0.818. The van der Waals surface area contributed by atoms with Crippen molar-refractivity contribution in [3.8, 4) is 0 Å². The third-order valence-corrected chi connectivity index (χ3v) is 1.46. The summed E-state index contributed by atoms with van der Waals surface area (Å²) in [5, 5.41) is 0. The van der Waals surface area contributed by atoms with Crippen LogP contribution in [0.25, 0.3) is 0 Å². The maximum Gasteiger partial charge on any atom is 0.212 e. The molecule has 1 aliphatic rings. The molecule has 0 bridgehead atoms. The molecule has 1 atom stereocenters. The Morgan fingerprint density at radius 2 is 2.40 bits per heavy atom. The maximum atomic E-state index is 12.2. The van der Waals surface area contributed by atoms with Gasteiger partial charge in [-0.1, -0.05) is 6.07 Å². The summed E-state index contributed by atoms with van der Waals surface area (Å²) in [5.74, 6) is -0.440. The van der Waals surface area contributed by atoms with E-state index in [0.29, 0.717) is 0 Å². The van der Waals surface area contributed by atoms with Gasteiger partial charge in [-0.15, -0.1) is 0 Å². The molecule has 0 unspecified atom stereocenters. The van der Waals surface area contributed by atoms with Gasteiger partial charge in [0.25, 0.3) is 0 Å². The third kappa shape index (κ3) is 0.998. The zero-order valence-corrected chi connectivity index (χ0v) is 5.25. The molecule has 1 fully saturated rings. The van der Waals surface area contributed by atoms with Crippen LogP contribution in [0.3, 0.4) is 0 Å². The first kappa shape index (κ1) is 5.80. The molecule has 2 nitrogen and oxygen atoms in total. The predicted molar refractivity (Wildman–Crippen MR) is 32.9 cm³/mol. The summed E-state index contributed by atoms with van der Waals surface area (Å²) >= 11 is 0. The minimum Gasteiger partial charge on any atom is -0.368 e. The zero-order valence-electron chi connectivity index (χ0n) is 5.25. The maximum absolute atomic E-state index is 12.2. The zero-order chi connectivity index (χ0) is 6.97. The highest BCUT2D eigenvalue weighted by atomic mass is 19.1. The summed E-state index contributed by atoms with van der Waals surface area (Å²) in [6, 6.07) is 3.04. The molecule has 1 aromatic heterocycles. The molecule has 0 N–H and O–H groups in total. The van der Waals surface area contributed by atoms with Crippen LogP contribution in [0.2, 0.25) is 0 Å². The molecule has 0 spiro atoms. The number of nitrogens with zero attached hydrogens (tertiary/aromatic N) is 1. The summed E-state index contributed by atoms with van der Waals surface area (Å²) in [6.45, 7) is 0.743. The van der Waals surface area contributed by atoms with Gasteiger partial charge in [-0.2, -0.15) is 4.39 Å². The van der Waals surface area contributed by atoms with Crippen LogP contribution in [0, 0.1) is 5.95 Å². The first-order valence-electron chi connectivity index (χ1n) is 3.09. The second kappa shape index (κ2) is 2.02. The van der Waals surface area contributed by atoms with Gasteiger partial charge in [0.1, 0.15) is 6.10 Å². The molecule has 10 heavy (non-hydrogen) atoms. The number of aromatic nitrogens is 1. The highest BCUT2D eigenvalue weighted by molar-refractivity contribution is 5.15. The fraction of sp³-hybridized carbons (Fsp3) is 0.286. The minimum atomic E-state index is -0.440. The van der Waals surface area contributed by atoms with Crippen LogP contribution in [0.5, 0.6) is 0 Å². The van der Waals surface area contributed by atoms with Gasteiger partial charge in [-0.25, -0.2) is 4.98 Å². The highest BCUT2D eigenvalue weighted by Gasteiger charge is 2.24. The van der Waals surface area contributed by atoms with E-state index in [1.807, 2.05) is 0 Å². The second-order valence-electron chi connectivity index (χ2n) is 2.24. The number of pyridine rings is 1. The molecule has 2 rings (SSSR count). The van der Waals surface area contributed by atoms with Gasteiger partial charge >= 0.3 is 0 Å². The number of hydrogen-bond donors (Lipinski definition) is 0. The summed E-state index contributed by atoms with van der Waals surface area (Å²) < 4.78 is 17.2. The number of halogens is 1. The Morgan fingerprint density at radius 3 is 2.90 bits per heavy atom. The Bertz CT molecular complexity index is 230. The van der Waals surface area contributed by atoms with Crippen LogP contribution in [-0.4, -0.2) is 11.6 Å². The van der Waals surface area contributed by atoms with Crippen LogP contribution in [0.15, 0.2) is 18.3 Å². The first-order valence-corrected chi connectivity index (χ1v) is 3.09. The Labute approximate surface area is 57.7 Å². The van der Waals surface area contributed by atoms with E-state index in [1.165, 1.54) is 12.3 Å². The van der Waals surface area contributed by atoms with Crippen molar-refractivity contribution in [1.29, 1.82) is 0 Å². The van der Waals surface area contributed by atoms with Crippen molar-refractivity contribution in [1.82, 2.24) is 4.98 Å². The van der Waals surface area contributed by atoms with E-state index in [0.717, 1.165) is 12.2 Å². The van der Waals surface area contributed by atoms with Crippen LogP contribution in [0.4, 0.5) is 4.39 Å². The topological polar surface area (TPSA) is 25.4 Å². The summed E-state index contributed by atoms with van der Waals surface area (Å²) in [4.78, 5) is 3.49. The molecule has 1 saturated heterocycles. The molecule has 2 heterocycles. The lowest BCUT2D eigenvalue weighted by molar-refractivity contribution is 0.414. The Hall–Kier alpha value is -0.960. The average Bonchev–Trinajstić information content (AvgIpc) is 2.71. The van der Waals surface area contributed by atoms with E-state index >= 15 is 0 Å². The van der Waals surface area contributed by atoms with Crippen molar-refractivity contribution in [3.63, 3.8) is 0 Å². The molecule has 0 aromatic carbocycles. The monoisotopic (exact) mass is 139 g/mol. The van der Waals surface area contributed by atoms with E-state index in [1.54, 1.807) is 6.07 Å². The first-order chi connectivity index (χ1) is 4.86. The molecule has 0 saturated carbocycles. The van der Waals surface area contributed by atoms with Crippen LogP contribution >= 0.6 is 0 Å². The second-order valence-corrected chi connectivity index (χ2v) is 2.24. The van der Waals surface area contributed by atoms with Gasteiger partial charge in [0, 0.05) is 11.8 Å². The van der Waals surface area contributed by atoms with Gasteiger partial charge in [-0.3, -0.25) is 0 Å². The number of ether oxygens (including phenoxy) is 1. The molecule has 0 amide bonds. The fourth-order valence-electron chi connectivity index (χ4n) is 0.818. The minimum absolute atomic E-state index is 0.174. The lowest BCUT2D eigenvalue weighted by Gasteiger charge is -1.91. The van der Waals surface area contributed by atoms with Crippen molar-refractivity contribution in [2.45, 2.75) is 6.10 Å². The van der Waals surface area contributed by atoms with Crippen LogP contribution in [0.1, 0.15) is 11.7 Å². The SMILES string of the molecule is Fc1ccc([C@H]2CO2)cn1. The standard InChI is InChI=1S/C7H6FNO/c8-7-2-1-5(3-9-7)6-4-10-6/h1-3,6H,4H2/t6-/m1/s1. The lowest BCUT2D eigenvalue weighted by atomic mass is 10.2. The summed E-state index contributed by atoms with van der Waals surface area (Å²) in [7, 11) is 0. The molecule has 3 heteroatoms. The van der Waals surface area contributed by atoms with Crippen molar-refractivity contribution >= 4 is 0 Å². The van der Waals surface area contributed by atoms with Crippen LogP contribution in [-0.2, 0) is 4.74 Å². The van der Waals surface area contributed by atoms with Crippen LogP contribution < -0.4 is 0 Å². The highest BCUT2D eigenvalue weighted by Crippen LogP contribution is 2.28. The molecule has 0 aliphatic carbocycles. The van der Waals surface area contributed by atoms with E-state index in [-0.39, 0.29) is 6.10 Å². The van der Waals surface area contributed by atoms with Crippen molar-refractivity contribution in [2.24, 2.45) is 0 Å². The molecule has 52 valence electrons. The smallest absolute Gasteiger partial charge is 0.212 e. The number of rotatable bonds is 1.